The molecule has 0 unspecified atom stereocenters. The number of benzene rings is 2. The highest BCUT2D eigenvalue weighted by Gasteiger charge is 2.20. The SMILES string of the molecule is CC.CCCN1CCc2cc(Nc3ncc4c(N)n(-c5c(O)cccc5O)c(=O)nc4n3)ccc21. The maximum Gasteiger partial charge on any atom is 0.356 e. The number of fused-ring (bicyclic) bond motifs is 2. The first-order valence-electron chi connectivity index (χ1n) is 11.7. The molecule has 0 amide bonds. The van der Waals surface area contributed by atoms with E-state index in [-0.39, 0.29) is 34.6 Å². The summed E-state index contributed by atoms with van der Waals surface area (Å²) in [6, 6.07) is 10.3. The van der Waals surface area contributed by atoms with Gasteiger partial charge in [-0.2, -0.15) is 9.97 Å². The Labute approximate surface area is 202 Å². The molecule has 2 aromatic heterocycles. The number of rotatable bonds is 5. The summed E-state index contributed by atoms with van der Waals surface area (Å²) in [6.07, 6.45) is 3.54. The van der Waals surface area contributed by atoms with Gasteiger partial charge in [0.2, 0.25) is 5.95 Å². The Kier molecular flexibility index (Phi) is 6.72. The number of phenols is 2. The lowest BCUT2D eigenvalue weighted by Crippen LogP contribution is -2.25. The number of nitrogens with zero attached hydrogens (tertiary/aromatic N) is 5. The van der Waals surface area contributed by atoms with Crippen LogP contribution in [0.5, 0.6) is 11.5 Å². The molecule has 0 bridgehead atoms. The summed E-state index contributed by atoms with van der Waals surface area (Å²) in [7, 11) is 0. The number of para-hydroxylation sites is 1. The van der Waals surface area contributed by atoms with Crippen LogP contribution in [0.1, 0.15) is 32.8 Å². The van der Waals surface area contributed by atoms with Crippen LogP contribution in [0.15, 0.2) is 47.4 Å². The van der Waals surface area contributed by atoms with Crippen LogP contribution in [0, 0.1) is 0 Å². The molecular formula is C25H29N7O3. The minimum atomic E-state index is -0.782. The molecule has 4 aromatic rings. The summed E-state index contributed by atoms with van der Waals surface area (Å²) in [4.78, 5) is 27.7. The molecule has 35 heavy (non-hydrogen) atoms. The van der Waals surface area contributed by atoms with Gasteiger partial charge in [0.05, 0.1) is 5.39 Å². The van der Waals surface area contributed by atoms with Crippen molar-refractivity contribution in [1.82, 2.24) is 19.5 Å². The van der Waals surface area contributed by atoms with E-state index in [1.54, 1.807) is 0 Å². The van der Waals surface area contributed by atoms with E-state index in [9.17, 15) is 15.0 Å². The largest absolute Gasteiger partial charge is 0.506 e. The molecule has 0 spiro atoms. The first-order chi connectivity index (χ1) is 17.0. The number of aromatic hydroxyl groups is 2. The second kappa shape index (κ2) is 9.88. The Morgan fingerprint density at radius 2 is 1.86 bits per heavy atom. The standard InChI is InChI=1S/C23H23N7O3.C2H6/c1-2-9-29-10-8-13-11-14(6-7-16(13)29)26-22-25-12-15-20(24)30(23(33)28-21(15)27-22)19-17(31)4-3-5-18(19)32;1-2/h3-7,11-12,31-32H,2,8-10,24H2,1H3,(H,26,27,28,33);1-2H3. The van der Waals surface area contributed by atoms with Crippen LogP contribution in [0.25, 0.3) is 16.7 Å². The van der Waals surface area contributed by atoms with E-state index >= 15 is 0 Å². The second-order valence-corrected chi connectivity index (χ2v) is 7.90. The molecule has 182 valence electrons. The van der Waals surface area contributed by atoms with E-state index < -0.39 is 5.69 Å². The van der Waals surface area contributed by atoms with Crippen molar-refractivity contribution in [2.24, 2.45) is 0 Å². The molecule has 0 aliphatic carbocycles. The van der Waals surface area contributed by atoms with Crippen molar-refractivity contribution in [2.45, 2.75) is 33.6 Å². The average molecular weight is 476 g/mol. The molecule has 5 N–H and O–H groups in total. The zero-order valence-electron chi connectivity index (χ0n) is 20.0. The molecule has 1 aliphatic heterocycles. The summed E-state index contributed by atoms with van der Waals surface area (Å²) in [6.45, 7) is 8.23. The highest BCUT2D eigenvalue weighted by Crippen LogP contribution is 2.33. The maximum absolute atomic E-state index is 12.7. The quantitative estimate of drug-likeness (QED) is 0.340. The average Bonchev–Trinajstić information content (AvgIpc) is 3.24. The van der Waals surface area contributed by atoms with E-state index in [1.807, 2.05) is 19.9 Å². The van der Waals surface area contributed by atoms with E-state index in [4.69, 9.17) is 5.73 Å². The van der Waals surface area contributed by atoms with Crippen LogP contribution in [-0.2, 0) is 6.42 Å². The van der Waals surface area contributed by atoms with Crippen LogP contribution in [0.4, 0.5) is 23.1 Å². The minimum absolute atomic E-state index is 0.0399. The number of nitrogens with one attached hydrogen (secondary N) is 1. The predicted molar refractivity (Wildman–Crippen MR) is 138 cm³/mol. The highest BCUT2D eigenvalue weighted by atomic mass is 16.3. The summed E-state index contributed by atoms with van der Waals surface area (Å²) in [5, 5.41) is 23.8. The van der Waals surface area contributed by atoms with Gasteiger partial charge in [0, 0.05) is 30.7 Å². The van der Waals surface area contributed by atoms with Crippen LogP contribution in [0.3, 0.4) is 0 Å². The first-order valence-corrected chi connectivity index (χ1v) is 11.7. The molecule has 0 atom stereocenters. The fraction of sp³-hybridized carbons (Fsp3) is 0.280. The Balaban J connectivity index is 0.00000141. The van der Waals surface area contributed by atoms with Crippen molar-refractivity contribution >= 4 is 34.2 Å². The van der Waals surface area contributed by atoms with E-state index in [0.29, 0.717) is 5.39 Å². The molecular weight excluding hydrogens is 446 g/mol. The number of nitrogens with two attached hydrogens (primary N) is 1. The fourth-order valence-electron chi connectivity index (χ4n) is 4.21. The third-order valence-corrected chi connectivity index (χ3v) is 5.72. The van der Waals surface area contributed by atoms with Gasteiger partial charge in [0.15, 0.2) is 5.65 Å². The topological polar surface area (TPSA) is 142 Å². The van der Waals surface area contributed by atoms with Crippen molar-refractivity contribution in [1.29, 1.82) is 0 Å². The Morgan fingerprint density at radius 1 is 1.11 bits per heavy atom. The number of anilines is 4. The van der Waals surface area contributed by atoms with Crippen LogP contribution >= 0.6 is 0 Å². The van der Waals surface area contributed by atoms with E-state index in [0.717, 1.165) is 36.2 Å². The lowest BCUT2D eigenvalue weighted by Gasteiger charge is -2.18. The Morgan fingerprint density at radius 3 is 2.57 bits per heavy atom. The third kappa shape index (κ3) is 4.42. The molecule has 3 heterocycles. The van der Waals surface area contributed by atoms with E-state index in [2.05, 4.69) is 44.2 Å². The monoisotopic (exact) mass is 475 g/mol. The smallest absolute Gasteiger partial charge is 0.356 e. The van der Waals surface area contributed by atoms with Gasteiger partial charge < -0.3 is 26.2 Å². The van der Waals surface area contributed by atoms with Gasteiger partial charge in [0.25, 0.3) is 0 Å². The van der Waals surface area contributed by atoms with Crippen LogP contribution < -0.4 is 21.6 Å². The molecule has 0 fully saturated rings. The molecule has 10 heteroatoms. The maximum atomic E-state index is 12.7. The Hall–Kier alpha value is -4.34. The number of hydrogen-bond donors (Lipinski definition) is 4. The van der Waals surface area contributed by atoms with Crippen molar-refractivity contribution in [3.63, 3.8) is 0 Å². The number of nitrogen functional groups attached to an aromatic ring is 1. The summed E-state index contributed by atoms with van der Waals surface area (Å²) in [5.74, 6) is -0.376. The van der Waals surface area contributed by atoms with Gasteiger partial charge in [0.1, 0.15) is 23.0 Å². The van der Waals surface area contributed by atoms with Gasteiger partial charge in [-0.25, -0.2) is 14.3 Å². The fourth-order valence-corrected chi connectivity index (χ4v) is 4.21. The molecule has 2 aromatic carbocycles. The van der Waals surface area contributed by atoms with Gasteiger partial charge in [-0.05, 0) is 48.7 Å². The molecule has 1 aliphatic rings. The van der Waals surface area contributed by atoms with E-state index in [1.165, 1.54) is 35.6 Å². The van der Waals surface area contributed by atoms with Crippen molar-refractivity contribution in [2.75, 3.05) is 29.0 Å². The predicted octanol–water partition coefficient (Wildman–Crippen LogP) is 3.71. The number of hydrogen-bond acceptors (Lipinski definition) is 9. The van der Waals surface area contributed by atoms with Crippen LogP contribution in [-0.4, -0.2) is 42.8 Å². The highest BCUT2D eigenvalue weighted by molar-refractivity contribution is 5.86. The minimum Gasteiger partial charge on any atom is -0.506 e. The second-order valence-electron chi connectivity index (χ2n) is 7.90. The number of phenolic OH excluding ortho intramolecular Hbond substituents is 2. The normalized spacial score (nSPS) is 12.3. The van der Waals surface area contributed by atoms with Crippen molar-refractivity contribution in [3.8, 4) is 17.2 Å². The molecule has 0 saturated heterocycles. The molecule has 10 nitrogen and oxygen atoms in total. The third-order valence-electron chi connectivity index (χ3n) is 5.72. The van der Waals surface area contributed by atoms with Gasteiger partial charge in [-0.1, -0.05) is 26.8 Å². The molecule has 5 rings (SSSR count). The lowest BCUT2D eigenvalue weighted by atomic mass is 10.1. The zero-order valence-corrected chi connectivity index (χ0v) is 20.0. The van der Waals surface area contributed by atoms with Crippen molar-refractivity contribution < 1.29 is 10.2 Å². The first kappa shape index (κ1) is 23.8. The summed E-state index contributed by atoms with van der Waals surface area (Å²) >= 11 is 0. The van der Waals surface area contributed by atoms with Crippen LogP contribution in [0.2, 0.25) is 0 Å². The summed E-state index contributed by atoms with van der Waals surface area (Å²) < 4.78 is 0.937. The zero-order chi connectivity index (χ0) is 25.1. The van der Waals surface area contributed by atoms with Gasteiger partial charge in [-0.3, -0.25) is 0 Å². The Bertz CT molecular complexity index is 1410. The molecule has 0 saturated carbocycles. The number of aromatic nitrogens is 4. The lowest BCUT2D eigenvalue weighted by molar-refractivity contribution is 0.445. The van der Waals surface area contributed by atoms with Crippen molar-refractivity contribution in [3.05, 3.63) is 58.6 Å². The van der Waals surface area contributed by atoms with Gasteiger partial charge >= 0.3 is 5.69 Å². The molecule has 0 radical (unpaired) electrons. The van der Waals surface area contributed by atoms with Gasteiger partial charge in [-0.15, -0.1) is 0 Å². The summed E-state index contributed by atoms with van der Waals surface area (Å²) in [5.41, 5.74) is 8.73.